The number of fused-ring (bicyclic) bond motifs is 1. The highest BCUT2D eigenvalue weighted by molar-refractivity contribution is 9.10. The number of carbonyl (C=O) groups excluding carboxylic acids is 1. The van der Waals surface area contributed by atoms with E-state index < -0.39 is 5.92 Å². The van der Waals surface area contributed by atoms with Gasteiger partial charge in [0.05, 0.1) is 6.54 Å². The number of pyridine rings is 1. The van der Waals surface area contributed by atoms with Crippen molar-refractivity contribution in [2.45, 2.75) is 39.2 Å². The second-order valence-electron chi connectivity index (χ2n) is 7.96. The molecule has 1 saturated heterocycles. The number of alkyl halides is 2. The minimum Gasteiger partial charge on any atom is -0.345 e. The Bertz CT molecular complexity index is 1040. The first kappa shape index (κ1) is 26.9. The van der Waals surface area contributed by atoms with Gasteiger partial charge in [0.15, 0.2) is 0 Å². The van der Waals surface area contributed by atoms with Crippen molar-refractivity contribution < 1.29 is 13.6 Å². The number of piperidine rings is 1. The summed E-state index contributed by atoms with van der Waals surface area (Å²) in [6.07, 6.45) is 2.30. The first-order valence-corrected chi connectivity index (χ1v) is 11.9. The van der Waals surface area contributed by atoms with Gasteiger partial charge in [-0.25, -0.2) is 13.8 Å². The van der Waals surface area contributed by atoms with E-state index in [1.165, 1.54) is 0 Å². The molecule has 2 aromatic heterocycles. The summed E-state index contributed by atoms with van der Waals surface area (Å²) in [6.45, 7) is 5.11. The first-order chi connectivity index (χ1) is 15.7. The van der Waals surface area contributed by atoms with E-state index in [1.807, 2.05) is 72.8 Å². The number of aromatic nitrogens is 2. The van der Waals surface area contributed by atoms with E-state index in [9.17, 15) is 13.6 Å². The summed E-state index contributed by atoms with van der Waals surface area (Å²) in [6, 6.07) is 13.1. The number of carbonyl (C=O) groups is 1. The molecule has 0 bridgehead atoms. The maximum Gasteiger partial charge on any atom is 0.260 e. The molecule has 3 heterocycles. The van der Waals surface area contributed by atoms with Gasteiger partial charge < -0.3 is 9.47 Å². The SMILES string of the molecule is CC.CN(C)C(=O)c1ccccc1.Cn1c(CN2CCCC(F)(F)C2)cc2c(Br)ccnc21. The number of halogens is 3. The topological polar surface area (TPSA) is 41.4 Å². The Hall–Kier alpha value is -2.32. The van der Waals surface area contributed by atoms with Gasteiger partial charge in [-0.3, -0.25) is 9.69 Å². The van der Waals surface area contributed by atoms with Crippen molar-refractivity contribution in [3.05, 3.63) is 64.4 Å². The minimum atomic E-state index is -2.55. The van der Waals surface area contributed by atoms with E-state index in [0.717, 1.165) is 33.3 Å². The monoisotopic (exact) mass is 522 g/mol. The van der Waals surface area contributed by atoms with Gasteiger partial charge in [-0.15, -0.1) is 0 Å². The Kier molecular flexibility index (Phi) is 9.98. The van der Waals surface area contributed by atoms with Gasteiger partial charge in [0, 0.05) is 61.4 Å². The lowest BCUT2D eigenvalue weighted by atomic mass is 10.1. The standard InChI is InChI=1S/C14H16BrF2N3.C9H11NO.C2H6/c1-19-10(7-11-12(15)3-5-18-13(11)19)8-20-6-2-4-14(16,17)9-20;1-10(2)9(11)8-6-4-3-5-7-8;1-2/h3,5,7H,2,4,6,8-9H2,1H3;3-7H,1-2H3;1-2H3. The van der Waals surface area contributed by atoms with Gasteiger partial charge in [-0.1, -0.05) is 32.0 Å². The molecule has 1 amide bonds. The summed E-state index contributed by atoms with van der Waals surface area (Å²) < 4.78 is 29.9. The van der Waals surface area contributed by atoms with Crippen LogP contribution in [-0.4, -0.2) is 58.4 Å². The fraction of sp³-hybridized carbons (Fsp3) is 0.440. The van der Waals surface area contributed by atoms with Gasteiger partial charge in [0.25, 0.3) is 11.8 Å². The molecule has 0 N–H and O–H groups in total. The third-order valence-electron chi connectivity index (χ3n) is 5.26. The molecular formula is C25H33BrF2N4O. The molecule has 0 saturated carbocycles. The number of benzene rings is 1. The largest absolute Gasteiger partial charge is 0.345 e. The molecule has 8 heteroatoms. The van der Waals surface area contributed by atoms with Crippen LogP contribution in [0.3, 0.4) is 0 Å². The molecule has 1 fully saturated rings. The molecule has 0 radical (unpaired) electrons. The zero-order chi connectivity index (χ0) is 24.6. The predicted octanol–water partition coefficient (Wildman–Crippen LogP) is 5.98. The third-order valence-corrected chi connectivity index (χ3v) is 5.95. The highest BCUT2D eigenvalue weighted by Gasteiger charge is 2.35. The minimum absolute atomic E-state index is 0.00567. The van der Waals surface area contributed by atoms with Crippen LogP contribution in [0.4, 0.5) is 8.78 Å². The molecule has 1 aromatic carbocycles. The van der Waals surface area contributed by atoms with E-state index in [1.54, 1.807) is 25.2 Å². The van der Waals surface area contributed by atoms with Crippen molar-refractivity contribution in [2.24, 2.45) is 7.05 Å². The van der Waals surface area contributed by atoms with Crippen molar-refractivity contribution in [2.75, 3.05) is 27.2 Å². The molecule has 0 atom stereocenters. The smallest absolute Gasteiger partial charge is 0.260 e. The maximum absolute atomic E-state index is 13.5. The number of hydrogen-bond acceptors (Lipinski definition) is 3. The summed E-state index contributed by atoms with van der Waals surface area (Å²) in [5, 5.41) is 1.02. The molecular weight excluding hydrogens is 490 g/mol. The van der Waals surface area contributed by atoms with Crippen LogP contribution in [-0.2, 0) is 13.6 Å². The molecule has 1 aliphatic heterocycles. The molecule has 5 nitrogen and oxygen atoms in total. The lowest BCUT2D eigenvalue weighted by molar-refractivity contribution is -0.0664. The van der Waals surface area contributed by atoms with Crippen LogP contribution in [0.5, 0.6) is 0 Å². The number of likely N-dealkylation sites (tertiary alicyclic amines) is 1. The lowest BCUT2D eigenvalue weighted by Crippen LogP contribution is -2.42. The third kappa shape index (κ3) is 7.33. The first-order valence-electron chi connectivity index (χ1n) is 11.1. The molecule has 0 unspecified atom stereocenters. The van der Waals surface area contributed by atoms with Crippen LogP contribution in [0.25, 0.3) is 11.0 Å². The van der Waals surface area contributed by atoms with Crippen LogP contribution in [0, 0.1) is 0 Å². The summed E-state index contributed by atoms with van der Waals surface area (Å²) in [4.78, 5) is 19.0. The molecule has 4 rings (SSSR count). The van der Waals surface area contributed by atoms with E-state index in [4.69, 9.17) is 0 Å². The average Bonchev–Trinajstić information content (AvgIpc) is 3.11. The molecule has 0 spiro atoms. The Morgan fingerprint density at radius 2 is 1.85 bits per heavy atom. The van der Waals surface area contributed by atoms with Crippen LogP contribution in [0.15, 0.2) is 53.1 Å². The van der Waals surface area contributed by atoms with E-state index in [2.05, 4.69) is 20.9 Å². The fourth-order valence-electron chi connectivity index (χ4n) is 3.64. The van der Waals surface area contributed by atoms with Crippen LogP contribution in [0.1, 0.15) is 42.7 Å². The van der Waals surface area contributed by atoms with Gasteiger partial charge >= 0.3 is 0 Å². The normalized spacial score (nSPS) is 15.2. The highest BCUT2D eigenvalue weighted by Crippen LogP contribution is 2.29. The summed E-state index contributed by atoms with van der Waals surface area (Å²) in [5.41, 5.74) is 2.62. The highest BCUT2D eigenvalue weighted by atomic mass is 79.9. The Labute approximate surface area is 203 Å². The molecule has 0 aliphatic carbocycles. The predicted molar refractivity (Wildman–Crippen MR) is 134 cm³/mol. The van der Waals surface area contributed by atoms with Gasteiger partial charge in [0.1, 0.15) is 5.65 Å². The van der Waals surface area contributed by atoms with Gasteiger partial charge in [-0.05, 0) is 53.2 Å². The molecule has 1 aliphatic rings. The van der Waals surface area contributed by atoms with Crippen molar-refractivity contribution in [1.82, 2.24) is 19.4 Å². The summed E-state index contributed by atoms with van der Waals surface area (Å²) >= 11 is 3.50. The Balaban J connectivity index is 0.000000252. The zero-order valence-corrected chi connectivity index (χ0v) is 21.6. The van der Waals surface area contributed by atoms with E-state index >= 15 is 0 Å². The van der Waals surface area contributed by atoms with Crippen LogP contribution >= 0.6 is 15.9 Å². The van der Waals surface area contributed by atoms with E-state index in [0.29, 0.717) is 13.0 Å². The second-order valence-corrected chi connectivity index (χ2v) is 8.81. The quantitative estimate of drug-likeness (QED) is 0.424. The molecule has 33 heavy (non-hydrogen) atoms. The van der Waals surface area contributed by atoms with Crippen LogP contribution in [0.2, 0.25) is 0 Å². The van der Waals surface area contributed by atoms with Gasteiger partial charge in [0.2, 0.25) is 0 Å². The maximum atomic E-state index is 13.5. The number of aryl methyl sites for hydroxylation is 1. The number of hydrogen-bond donors (Lipinski definition) is 0. The van der Waals surface area contributed by atoms with Crippen molar-refractivity contribution in [1.29, 1.82) is 0 Å². The van der Waals surface area contributed by atoms with Crippen molar-refractivity contribution in [3.8, 4) is 0 Å². The summed E-state index contributed by atoms with van der Waals surface area (Å²) in [7, 11) is 5.42. The van der Waals surface area contributed by atoms with Crippen molar-refractivity contribution >= 4 is 32.9 Å². The Morgan fingerprint density at radius 3 is 2.42 bits per heavy atom. The average molecular weight is 523 g/mol. The second kappa shape index (κ2) is 12.2. The van der Waals surface area contributed by atoms with Crippen molar-refractivity contribution in [3.63, 3.8) is 0 Å². The van der Waals surface area contributed by atoms with Crippen LogP contribution < -0.4 is 0 Å². The molecule has 180 valence electrons. The fourth-order valence-corrected chi connectivity index (χ4v) is 4.05. The number of amides is 1. The molecule has 3 aromatic rings. The summed E-state index contributed by atoms with van der Waals surface area (Å²) in [5.74, 6) is -2.51. The zero-order valence-electron chi connectivity index (χ0n) is 20.0. The van der Waals surface area contributed by atoms with Gasteiger partial charge in [-0.2, -0.15) is 0 Å². The van der Waals surface area contributed by atoms with E-state index in [-0.39, 0.29) is 18.9 Å². The number of nitrogens with zero attached hydrogens (tertiary/aromatic N) is 4. The lowest BCUT2D eigenvalue weighted by Gasteiger charge is -2.32. The number of rotatable bonds is 3. The Morgan fingerprint density at radius 1 is 1.18 bits per heavy atom.